The number of carboxylic acids is 1. The van der Waals surface area contributed by atoms with Crippen molar-refractivity contribution in [2.45, 2.75) is 6.92 Å². The van der Waals surface area contributed by atoms with Gasteiger partial charge in [0.1, 0.15) is 0 Å². The van der Waals surface area contributed by atoms with E-state index >= 15 is 0 Å². The van der Waals surface area contributed by atoms with Gasteiger partial charge < -0.3 is 14.4 Å². The van der Waals surface area contributed by atoms with E-state index in [4.69, 9.17) is 9.84 Å². The van der Waals surface area contributed by atoms with E-state index in [1.54, 1.807) is 23.8 Å². The van der Waals surface area contributed by atoms with E-state index in [-0.39, 0.29) is 17.0 Å². The van der Waals surface area contributed by atoms with Crippen molar-refractivity contribution in [1.29, 1.82) is 0 Å². The highest BCUT2D eigenvalue weighted by Crippen LogP contribution is 2.30. The molecular weight excluding hydrogens is 264 g/mol. The van der Waals surface area contributed by atoms with Crippen LogP contribution in [0, 0.1) is 17.0 Å². The number of rotatable bonds is 4. The highest BCUT2D eigenvalue weighted by atomic mass is 16.6. The van der Waals surface area contributed by atoms with Crippen molar-refractivity contribution in [3.8, 4) is 11.4 Å². The third-order valence-corrected chi connectivity index (χ3v) is 3.01. The van der Waals surface area contributed by atoms with Gasteiger partial charge in [0.2, 0.25) is 0 Å². The number of hydrogen-bond donors (Lipinski definition) is 1. The standard InChI is InChI=1S/C13H12N2O5/c1-8-10(13(16)17)5-6-14(8)9-3-4-12(20-2)11(7-9)15(18)19/h3-7H,1-2H3,(H,16,17). The second-order valence-corrected chi connectivity index (χ2v) is 4.10. The van der Waals surface area contributed by atoms with Gasteiger partial charge in [-0.15, -0.1) is 0 Å². The molecule has 1 heterocycles. The van der Waals surface area contributed by atoms with Crippen molar-refractivity contribution in [3.63, 3.8) is 0 Å². The number of nitro groups is 1. The summed E-state index contributed by atoms with van der Waals surface area (Å²) in [6.07, 6.45) is 1.56. The molecule has 0 amide bonds. The number of carbonyl (C=O) groups is 1. The summed E-state index contributed by atoms with van der Waals surface area (Å²) in [7, 11) is 1.35. The second-order valence-electron chi connectivity index (χ2n) is 4.10. The van der Waals surface area contributed by atoms with E-state index in [0.29, 0.717) is 11.4 Å². The van der Waals surface area contributed by atoms with Crippen LogP contribution in [0.5, 0.6) is 5.75 Å². The Morgan fingerprint density at radius 3 is 2.60 bits per heavy atom. The molecule has 2 aromatic rings. The molecule has 2 rings (SSSR count). The summed E-state index contributed by atoms with van der Waals surface area (Å²) in [5.41, 5.74) is 0.984. The third kappa shape index (κ3) is 2.20. The molecule has 1 aromatic carbocycles. The number of nitrogens with zero attached hydrogens (tertiary/aromatic N) is 2. The summed E-state index contributed by atoms with van der Waals surface area (Å²) in [6.45, 7) is 1.64. The molecule has 7 heteroatoms. The maximum absolute atomic E-state index is 11.0. The Bertz CT molecular complexity index is 690. The van der Waals surface area contributed by atoms with Crippen LogP contribution in [-0.4, -0.2) is 27.7 Å². The van der Waals surface area contributed by atoms with Crippen molar-refractivity contribution >= 4 is 11.7 Å². The van der Waals surface area contributed by atoms with Crippen LogP contribution in [-0.2, 0) is 0 Å². The first-order valence-corrected chi connectivity index (χ1v) is 5.69. The molecule has 0 spiro atoms. The molecule has 0 aliphatic heterocycles. The fourth-order valence-corrected chi connectivity index (χ4v) is 1.99. The normalized spacial score (nSPS) is 10.3. The fourth-order valence-electron chi connectivity index (χ4n) is 1.99. The number of nitro benzene ring substituents is 1. The molecule has 104 valence electrons. The Balaban J connectivity index is 2.56. The lowest BCUT2D eigenvalue weighted by Gasteiger charge is -2.08. The largest absolute Gasteiger partial charge is 0.490 e. The maximum Gasteiger partial charge on any atom is 0.337 e. The quantitative estimate of drug-likeness (QED) is 0.683. The smallest absolute Gasteiger partial charge is 0.337 e. The van der Waals surface area contributed by atoms with E-state index in [2.05, 4.69) is 0 Å². The summed E-state index contributed by atoms with van der Waals surface area (Å²) >= 11 is 0. The molecule has 0 saturated carbocycles. The summed E-state index contributed by atoms with van der Waals surface area (Å²) < 4.78 is 6.51. The molecule has 0 bridgehead atoms. The minimum atomic E-state index is -1.04. The predicted molar refractivity (Wildman–Crippen MR) is 70.7 cm³/mol. The summed E-state index contributed by atoms with van der Waals surface area (Å²) in [5, 5.41) is 20.0. The van der Waals surface area contributed by atoms with Gasteiger partial charge in [-0.05, 0) is 25.1 Å². The minimum Gasteiger partial charge on any atom is -0.490 e. The van der Waals surface area contributed by atoms with Gasteiger partial charge in [-0.3, -0.25) is 10.1 Å². The number of benzene rings is 1. The summed E-state index contributed by atoms with van der Waals surface area (Å²) in [5.74, 6) is -0.883. The van der Waals surface area contributed by atoms with Crippen LogP contribution in [0.4, 0.5) is 5.69 Å². The molecule has 0 fully saturated rings. The monoisotopic (exact) mass is 276 g/mol. The SMILES string of the molecule is COc1ccc(-n2ccc(C(=O)O)c2C)cc1[N+](=O)[O-]. The van der Waals surface area contributed by atoms with Gasteiger partial charge >= 0.3 is 11.7 Å². The second kappa shape index (κ2) is 5.04. The van der Waals surface area contributed by atoms with Crippen LogP contribution in [0.15, 0.2) is 30.5 Å². The van der Waals surface area contributed by atoms with Crippen LogP contribution in [0.3, 0.4) is 0 Å². The van der Waals surface area contributed by atoms with Crippen molar-refractivity contribution < 1.29 is 19.6 Å². The first-order valence-electron chi connectivity index (χ1n) is 5.69. The Morgan fingerprint density at radius 2 is 2.10 bits per heavy atom. The minimum absolute atomic E-state index is 0.155. The number of methoxy groups -OCH3 is 1. The lowest BCUT2D eigenvalue weighted by molar-refractivity contribution is -0.385. The Hall–Kier alpha value is -2.83. The lowest BCUT2D eigenvalue weighted by atomic mass is 10.2. The van der Waals surface area contributed by atoms with Gasteiger partial charge in [-0.1, -0.05) is 0 Å². The van der Waals surface area contributed by atoms with E-state index in [1.807, 2.05) is 0 Å². The molecule has 1 aromatic heterocycles. The molecular formula is C13H12N2O5. The van der Waals surface area contributed by atoms with Gasteiger partial charge in [0.25, 0.3) is 0 Å². The Labute approximate surface area is 114 Å². The van der Waals surface area contributed by atoms with Gasteiger partial charge in [0, 0.05) is 18.0 Å². The lowest BCUT2D eigenvalue weighted by Crippen LogP contribution is -2.02. The predicted octanol–water partition coefficient (Wildman–Crippen LogP) is 2.40. The highest BCUT2D eigenvalue weighted by Gasteiger charge is 2.18. The number of hydrogen-bond acceptors (Lipinski definition) is 4. The molecule has 0 atom stereocenters. The van der Waals surface area contributed by atoms with Gasteiger partial charge in [-0.2, -0.15) is 0 Å². The Morgan fingerprint density at radius 1 is 1.40 bits per heavy atom. The first-order chi connectivity index (χ1) is 9.45. The zero-order chi connectivity index (χ0) is 14.9. The van der Waals surface area contributed by atoms with E-state index in [0.717, 1.165) is 0 Å². The number of aromatic carboxylic acids is 1. The average Bonchev–Trinajstić information content (AvgIpc) is 2.79. The summed E-state index contributed by atoms with van der Waals surface area (Å²) in [4.78, 5) is 21.4. The average molecular weight is 276 g/mol. The van der Waals surface area contributed by atoms with Crippen molar-refractivity contribution in [3.05, 3.63) is 51.8 Å². The van der Waals surface area contributed by atoms with Crippen molar-refractivity contribution in [2.24, 2.45) is 0 Å². The van der Waals surface area contributed by atoms with Crippen LogP contribution in [0.1, 0.15) is 16.1 Å². The van der Waals surface area contributed by atoms with E-state index < -0.39 is 10.9 Å². The molecule has 0 unspecified atom stereocenters. The molecule has 20 heavy (non-hydrogen) atoms. The zero-order valence-electron chi connectivity index (χ0n) is 10.9. The number of carboxylic acid groups (broad SMARTS) is 1. The fraction of sp³-hybridized carbons (Fsp3) is 0.154. The molecule has 0 aliphatic carbocycles. The molecule has 0 aliphatic rings. The molecule has 7 nitrogen and oxygen atoms in total. The van der Waals surface area contributed by atoms with Crippen molar-refractivity contribution in [2.75, 3.05) is 7.11 Å². The van der Waals surface area contributed by atoms with Crippen LogP contribution < -0.4 is 4.74 Å². The molecule has 0 radical (unpaired) electrons. The topological polar surface area (TPSA) is 94.6 Å². The summed E-state index contributed by atoms with van der Waals surface area (Å²) in [6, 6.07) is 5.91. The van der Waals surface area contributed by atoms with E-state index in [1.165, 1.54) is 25.3 Å². The van der Waals surface area contributed by atoms with E-state index in [9.17, 15) is 14.9 Å². The van der Waals surface area contributed by atoms with Crippen molar-refractivity contribution in [1.82, 2.24) is 4.57 Å². The molecule has 1 N–H and O–H groups in total. The first kappa shape index (κ1) is 13.6. The Kier molecular flexibility index (Phi) is 3.43. The highest BCUT2D eigenvalue weighted by molar-refractivity contribution is 5.89. The maximum atomic E-state index is 11.0. The van der Waals surface area contributed by atoms with Gasteiger partial charge in [0.15, 0.2) is 5.75 Å². The number of aromatic nitrogens is 1. The number of ether oxygens (including phenoxy) is 1. The zero-order valence-corrected chi connectivity index (χ0v) is 10.9. The molecule has 0 saturated heterocycles. The van der Waals surface area contributed by atoms with Crippen LogP contribution >= 0.6 is 0 Å². The third-order valence-electron chi connectivity index (χ3n) is 3.01. The van der Waals surface area contributed by atoms with Gasteiger partial charge in [0.05, 0.1) is 23.3 Å². The van der Waals surface area contributed by atoms with Crippen LogP contribution in [0.2, 0.25) is 0 Å². The van der Waals surface area contributed by atoms with Crippen LogP contribution in [0.25, 0.3) is 5.69 Å². The van der Waals surface area contributed by atoms with Gasteiger partial charge in [-0.25, -0.2) is 4.79 Å².